The lowest BCUT2D eigenvalue weighted by atomic mass is 9.67. The summed E-state index contributed by atoms with van der Waals surface area (Å²) in [6.07, 6.45) is 6.20. The standard InChI is InChI=1S/C10H18O/c1-8(2)9-6-10(7-11-9)4-3-5-10/h8-9H,3-7H2,1-2H3. The Morgan fingerprint density at radius 1 is 1.36 bits per heavy atom. The van der Waals surface area contributed by atoms with Gasteiger partial charge in [-0.1, -0.05) is 20.3 Å². The molecule has 0 radical (unpaired) electrons. The van der Waals surface area contributed by atoms with Crippen molar-refractivity contribution in [1.29, 1.82) is 0 Å². The summed E-state index contributed by atoms with van der Waals surface area (Å²) in [6, 6.07) is 0. The zero-order chi connectivity index (χ0) is 7.90. The second kappa shape index (κ2) is 2.48. The van der Waals surface area contributed by atoms with E-state index in [-0.39, 0.29) is 0 Å². The number of hydrogen-bond donors (Lipinski definition) is 0. The Balaban J connectivity index is 1.93. The maximum atomic E-state index is 5.77. The Morgan fingerprint density at radius 2 is 2.09 bits per heavy atom. The Kier molecular flexibility index (Phi) is 1.71. The van der Waals surface area contributed by atoms with Crippen molar-refractivity contribution < 1.29 is 4.74 Å². The van der Waals surface area contributed by atoms with E-state index < -0.39 is 0 Å². The molecular weight excluding hydrogens is 136 g/mol. The molecule has 1 saturated heterocycles. The van der Waals surface area contributed by atoms with Gasteiger partial charge < -0.3 is 4.74 Å². The van der Waals surface area contributed by atoms with Crippen LogP contribution in [0.3, 0.4) is 0 Å². The van der Waals surface area contributed by atoms with E-state index in [1.165, 1.54) is 25.7 Å². The van der Waals surface area contributed by atoms with Crippen molar-refractivity contribution in [2.45, 2.75) is 45.6 Å². The molecule has 1 unspecified atom stereocenters. The average Bonchev–Trinajstić information content (AvgIpc) is 2.28. The monoisotopic (exact) mass is 154 g/mol. The summed E-state index contributed by atoms with van der Waals surface area (Å²) in [7, 11) is 0. The van der Waals surface area contributed by atoms with Crippen LogP contribution in [0.2, 0.25) is 0 Å². The van der Waals surface area contributed by atoms with Gasteiger partial charge in [-0.15, -0.1) is 0 Å². The van der Waals surface area contributed by atoms with Gasteiger partial charge >= 0.3 is 0 Å². The van der Waals surface area contributed by atoms with Crippen molar-refractivity contribution in [3.8, 4) is 0 Å². The van der Waals surface area contributed by atoms with Gasteiger partial charge in [-0.3, -0.25) is 0 Å². The van der Waals surface area contributed by atoms with E-state index in [1.807, 2.05) is 0 Å². The molecule has 1 aliphatic heterocycles. The molecule has 2 fully saturated rings. The highest BCUT2D eigenvalue weighted by atomic mass is 16.5. The Morgan fingerprint density at radius 3 is 2.36 bits per heavy atom. The van der Waals surface area contributed by atoms with Crippen LogP contribution in [-0.4, -0.2) is 12.7 Å². The van der Waals surface area contributed by atoms with Crippen LogP contribution in [0.25, 0.3) is 0 Å². The zero-order valence-corrected chi connectivity index (χ0v) is 7.60. The molecule has 64 valence electrons. The van der Waals surface area contributed by atoms with Gasteiger partial charge in [0.15, 0.2) is 0 Å². The van der Waals surface area contributed by atoms with Crippen molar-refractivity contribution in [3.05, 3.63) is 0 Å². The molecule has 0 aromatic heterocycles. The van der Waals surface area contributed by atoms with Crippen LogP contribution in [0.15, 0.2) is 0 Å². The molecule has 0 aromatic rings. The van der Waals surface area contributed by atoms with Crippen molar-refractivity contribution >= 4 is 0 Å². The van der Waals surface area contributed by atoms with Gasteiger partial charge in [-0.2, -0.15) is 0 Å². The highest BCUT2D eigenvalue weighted by Crippen LogP contribution is 2.50. The molecule has 0 bridgehead atoms. The second-order valence-electron chi connectivity index (χ2n) is 4.65. The third-order valence-corrected chi connectivity index (χ3v) is 3.40. The quantitative estimate of drug-likeness (QED) is 0.564. The Hall–Kier alpha value is -0.0400. The van der Waals surface area contributed by atoms with E-state index in [9.17, 15) is 0 Å². The first-order valence-electron chi connectivity index (χ1n) is 4.83. The molecule has 1 spiro atoms. The lowest BCUT2D eigenvalue weighted by Gasteiger charge is -2.36. The third-order valence-electron chi connectivity index (χ3n) is 3.40. The van der Waals surface area contributed by atoms with E-state index in [0.29, 0.717) is 11.5 Å². The van der Waals surface area contributed by atoms with Crippen LogP contribution >= 0.6 is 0 Å². The van der Waals surface area contributed by atoms with Crippen LogP contribution < -0.4 is 0 Å². The van der Waals surface area contributed by atoms with Crippen molar-refractivity contribution in [2.24, 2.45) is 11.3 Å². The van der Waals surface area contributed by atoms with Gasteiger partial charge in [0, 0.05) is 0 Å². The van der Waals surface area contributed by atoms with Crippen LogP contribution in [0, 0.1) is 11.3 Å². The van der Waals surface area contributed by atoms with E-state index >= 15 is 0 Å². The highest BCUT2D eigenvalue weighted by molar-refractivity contribution is 4.94. The van der Waals surface area contributed by atoms with Crippen LogP contribution in [0.4, 0.5) is 0 Å². The van der Waals surface area contributed by atoms with E-state index in [0.717, 1.165) is 12.5 Å². The first-order valence-corrected chi connectivity index (χ1v) is 4.83. The summed E-state index contributed by atoms with van der Waals surface area (Å²) in [4.78, 5) is 0. The molecule has 2 aliphatic rings. The molecule has 1 heteroatoms. The largest absolute Gasteiger partial charge is 0.377 e. The summed E-state index contributed by atoms with van der Waals surface area (Å²) >= 11 is 0. The third kappa shape index (κ3) is 1.20. The molecule has 2 rings (SSSR count). The van der Waals surface area contributed by atoms with Crippen LogP contribution in [0.5, 0.6) is 0 Å². The molecule has 11 heavy (non-hydrogen) atoms. The molecule has 1 aliphatic carbocycles. The van der Waals surface area contributed by atoms with Gasteiger partial charge in [-0.25, -0.2) is 0 Å². The fourth-order valence-corrected chi connectivity index (χ4v) is 2.28. The average molecular weight is 154 g/mol. The van der Waals surface area contributed by atoms with Crippen LogP contribution in [-0.2, 0) is 4.74 Å². The van der Waals surface area contributed by atoms with Crippen molar-refractivity contribution in [1.82, 2.24) is 0 Å². The van der Waals surface area contributed by atoms with Crippen LogP contribution in [0.1, 0.15) is 39.5 Å². The molecule has 1 nitrogen and oxygen atoms in total. The topological polar surface area (TPSA) is 9.23 Å². The smallest absolute Gasteiger partial charge is 0.0604 e. The van der Waals surface area contributed by atoms with Crippen molar-refractivity contribution in [2.75, 3.05) is 6.61 Å². The normalized spacial score (nSPS) is 34.6. The minimum Gasteiger partial charge on any atom is -0.377 e. The first kappa shape index (κ1) is 7.60. The summed E-state index contributed by atoms with van der Waals surface area (Å²) in [5.41, 5.74) is 0.648. The number of ether oxygens (including phenoxy) is 1. The van der Waals surface area contributed by atoms with E-state index in [4.69, 9.17) is 4.74 Å². The predicted octanol–water partition coefficient (Wildman–Crippen LogP) is 2.60. The van der Waals surface area contributed by atoms with Gasteiger partial charge in [0.25, 0.3) is 0 Å². The minimum atomic E-state index is 0.565. The molecule has 0 N–H and O–H groups in total. The van der Waals surface area contributed by atoms with Gasteiger partial charge in [-0.05, 0) is 30.6 Å². The lowest BCUT2D eigenvalue weighted by Crippen LogP contribution is -2.29. The maximum Gasteiger partial charge on any atom is 0.0604 e. The Bertz CT molecular complexity index is 147. The summed E-state index contributed by atoms with van der Waals surface area (Å²) in [5, 5.41) is 0. The first-order chi connectivity index (χ1) is 5.22. The SMILES string of the molecule is CC(C)C1CC2(CCC2)CO1. The minimum absolute atomic E-state index is 0.565. The zero-order valence-electron chi connectivity index (χ0n) is 7.60. The van der Waals surface area contributed by atoms with Gasteiger partial charge in [0.2, 0.25) is 0 Å². The number of rotatable bonds is 1. The summed E-state index contributed by atoms with van der Waals surface area (Å²) in [5.74, 6) is 0.718. The van der Waals surface area contributed by atoms with Gasteiger partial charge in [0.1, 0.15) is 0 Å². The molecule has 1 saturated carbocycles. The van der Waals surface area contributed by atoms with Crippen molar-refractivity contribution in [3.63, 3.8) is 0 Å². The molecule has 1 heterocycles. The highest BCUT2D eigenvalue weighted by Gasteiger charge is 2.45. The fraction of sp³-hybridized carbons (Fsp3) is 1.00. The Labute approximate surface area is 69.1 Å². The summed E-state index contributed by atoms with van der Waals surface area (Å²) in [6.45, 7) is 5.58. The second-order valence-corrected chi connectivity index (χ2v) is 4.65. The fourth-order valence-electron chi connectivity index (χ4n) is 2.28. The lowest BCUT2D eigenvalue weighted by molar-refractivity contribution is 0.0518. The van der Waals surface area contributed by atoms with E-state index in [2.05, 4.69) is 13.8 Å². The molecular formula is C10H18O. The summed E-state index contributed by atoms with van der Waals surface area (Å²) < 4.78 is 5.77. The maximum absolute atomic E-state index is 5.77. The molecule has 1 atom stereocenters. The molecule has 0 amide bonds. The molecule has 0 aromatic carbocycles. The van der Waals surface area contributed by atoms with E-state index in [1.54, 1.807) is 0 Å². The predicted molar refractivity (Wildman–Crippen MR) is 45.5 cm³/mol. The van der Waals surface area contributed by atoms with Gasteiger partial charge in [0.05, 0.1) is 12.7 Å². The number of hydrogen-bond acceptors (Lipinski definition) is 1.